The minimum atomic E-state index is -1.28. The summed E-state index contributed by atoms with van der Waals surface area (Å²) in [4.78, 5) is 25.9. The lowest BCUT2D eigenvalue weighted by Gasteiger charge is -2.32. The van der Waals surface area contributed by atoms with E-state index in [0.717, 1.165) is 25.8 Å². The fourth-order valence-electron chi connectivity index (χ4n) is 4.36. The molecule has 0 bridgehead atoms. The summed E-state index contributed by atoms with van der Waals surface area (Å²) in [5.74, 6) is -0.699. The number of pyridine rings is 1. The van der Waals surface area contributed by atoms with Crippen LogP contribution in [0.4, 0.5) is 10.1 Å². The number of rotatable bonds is 3. The average Bonchev–Trinajstić information content (AvgIpc) is 3.48. The highest BCUT2D eigenvalue weighted by Crippen LogP contribution is 2.46. The summed E-state index contributed by atoms with van der Waals surface area (Å²) in [6.45, 7) is 1.38. The third-order valence-electron chi connectivity index (χ3n) is 6.03. The SMILES string of the molecule is N[C@@H]1CN(c2cc3c(cc2F)c(=O)c(C(=O)O)cn3C2CC2)C[C@@H]2C[C@@H]21. The van der Waals surface area contributed by atoms with Gasteiger partial charge >= 0.3 is 5.97 Å². The van der Waals surface area contributed by atoms with Crippen molar-refractivity contribution in [2.45, 2.75) is 31.3 Å². The first kappa shape index (κ1) is 15.8. The number of aromatic carboxylic acids is 1. The Morgan fingerprint density at radius 1 is 1.27 bits per heavy atom. The number of nitrogens with two attached hydrogens (primary N) is 1. The van der Waals surface area contributed by atoms with Crippen LogP contribution >= 0.6 is 0 Å². The Morgan fingerprint density at radius 3 is 2.69 bits per heavy atom. The molecule has 2 aliphatic carbocycles. The number of piperidine rings is 1. The van der Waals surface area contributed by atoms with Crippen molar-refractivity contribution in [3.8, 4) is 0 Å². The van der Waals surface area contributed by atoms with E-state index in [9.17, 15) is 19.1 Å². The summed E-state index contributed by atoms with van der Waals surface area (Å²) in [5, 5.41) is 9.44. The molecular formula is C19H20FN3O3. The number of carboxylic acid groups (broad SMARTS) is 1. The van der Waals surface area contributed by atoms with Crippen molar-refractivity contribution in [2.24, 2.45) is 17.6 Å². The number of halogens is 1. The van der Waals surface area contributed by atoms with Gasteiger partial charge in [0.15, 0.2) is 0 Å². The van der Waals surface area contributed by atoms with Gasteiger partial charge in [0.05, 0.1) is 11.2 Å². The molecule has 0 spiro atoms. The van der Waals surface area contributed by atoms with Crippen LogP contribution in [0.1, 0.15) is 35.7 Å². The molecular weight excluding hydrogens is 337 g/mol. The standard InChI is InChI=1S/C19H20FN3O3/c20-14-4-12-16(5-17(14)22-6-9-3-11(9)15(21)8-22)23(10-1-2-10)7-13(18(12)24)19(25)26/h4-5,7,9-11,15H,1-3,6,8,21H2,(H,25,26)/t9-,11-,15+/m0/s1. The molecule has 7 heteroatoms. The van der Waals surface area contributed by atoms with Gasteiger partial charge in [-0.2, -0.15) is 0 Å². The van der Waals surface area contributed by atoms with Gasteiger partial charge in [0.2, 0.25) is 5.43 Å². The first-order valence-electron chi connectivity index (χ1n) is 9.06. The van der Waals surface area contributed by atoms with Gasteiger partial charge in [-0.3, -0.25) is 4.79 Å². The molecule has 6 nitrogen and oxygen atoms in total. The molecule has 1 aliphatic heterocycles. The maximum atomic E-state index is 14.9. The van der Waals surface area contributed by atoms with E-state index in [-0.39, 0.29) is 23.0 Å². The first-order chi connectivity index (χ1) is 12.4. The van der Waals surface area contributed by atoms with Crippen molar-refractivity contribution >= 4 is 22.6 Å². The second-order valence-electron chi connectivity index (χ2n) is 7.86. The monoisotopic (exact) mass is 357 g/mol. The highest BCUT2D eigenvalue weighted by molar-refractivity contribution is 5.93. The quantitative estimate of drug-likeness (QED) is 0.877. The molecule has 3 atom stereocenters. The zero-order valence-electron chi connectivity index (χ0n) is 14.2. The van der Waals surface area contributed by atoms with Crippen LogP contribution in [-0.2, 0) is 0 Å². The van der Waals surface area contributed by atoms with Crippen LogP contribution in [0.15, 0.2) is 23.1 Å². The van der Waals surface area contributed by atoms with Crippen LogP contribution in [0.2, 0.25) is 0 Å². The van der Waals surface area contributed by atoms with Crippen molar-refractivity contribution in [2.75, 3.05) is 18.0 Å². The number of aromatic nitrogens is 1. The molecule has 2 saturated carbocycles. The van der Waals surface area contributed by atoms with Gasteiger partial charge in [-0.15, -0.1) is 0 Å². The highest BCUT2D eigenvalue weighted by atomic mass is 19.1. The van der Waals surface area contributed by atoms with Crippen molar-refractivity contribution in [1.29, 1.82) is 0 Å². The van der Waals surface area contributed by atoms with E-state index < -0.39 is 17.2 Å². The van der Waals surface area contributed by atoms with E-state index in [2.05, 4.69) is 0 Å². The molecule has 3 aliphatic rings. The van der Waals surface area contributed by atoms with Gasteiger partial charge in [0, 0.05) is 36.8 Å². The van der Waals surface area contributed by atoms with Crippen LogP contribution in [0, 0.1) is 17.7 Å². The fraction of sp³-hybridized carbons (Fsp3) is 0.474. The van der Waals surface area contributed by atoms with E-state index >= 15 is 0 Å². The molecule has 136 valence electrons. The largest absolute Gasteiger partial charge is 0.477 e. The Bertz CT molecular complexity index is 998. The molecule has 3 fully saturated rings. The maximum absolute atomic E-state index is 14.9. The second kappa shape index (κ2) is 5.30. The summed E-state index contributed by atoms with van der Waals surface area (Å²) in [5.41, 5.74) is 6.31. The molecule has 5 rings (SSSR count). The molecule has 1 aromatic carbocycles. The predicted molar refractivity (Wildman–Crippen MR) is 95.2 cm³/mol. The van der Waals surface area contributed by atoms with Gasteiger partial charge in [-0.25, -0.2) is 9.18 Å². The number of carbonyl (C=O) groups is 1. The fourth-order valence-corrected chi connectivity index (χ4v) is 4.36. The minimum absolute atomic E-state index is 0.0452. The normalized spacial score (nSPS) is 27.5. The van der Waals surface area contributed by atoms with E-state index in [1.807, 2.05) is 9.47 Å². The van der Waals surface area contributed by atoms with Gasteiger partial charge in [0.25, 0.3) is 0 Å². The molecule has 2 heterocycles. The summed E-state index contributed by atoms with van der Waals surface area (Å²) < 4.78 is 16.7. The molecule has 26 heavy (non-hydrogen) atoms. The smallest absolute Gasteiger partial charge is 0.341 e. The Balaban J connectivity index is 1.68. The Hall–Kier alpha value is -2.41. The molecule has 1 aromatic heterocycles. The highest BCUT2D eigenvalue weighted by Gasteiger charge is 2.46. The van der Waals surface area contributed by atoms with Crippen molar-refractivity contribution in [3.05, 3.63) is 39.9 Å². The molecule has 2 aromatic rings. The van der Waals surface area contributed by atoms with Gasteiger partial charge in [-0.05, 0) is 43.2 Å². The van der Waals surface area contributed by atoms with Crippen LogP contribution in [0.3, 0.4) is 0 Å². The lowest BCUT2D eigenvalue weighted by molar-refractivity contribution is 0.0695. The number of benzene rings is 1. The van der Waals surface area contributed by atoms with Gasteiger partial charge in [-0.1, -0.05) is 0 Å². The minimum Gasteiger partial charge on any atom is -0.477 e. The summed E-state index contributed by atoms with van der Waals surface area (Å²) in [6, 6.07) is 3.11. The second-order valence-corrected chi connectivity index (χ2v) is 7.86. The van der Waals surface area contributed by atoms with Gasteiger partial charge in [0.1, 0.15) is 11.4 Å². The number of fused-ring (bicyclic) bond motifs is 2. The van der Waals surface area contributed by atoms with E-state index in [1.165, 1.54) is 12.3 Å². The first-order valence-corrected chi connectivity index (χ1v) is 9.06. The lowest BCUT2D eigenvalue weighted by atomic mass is 10.0. The third-order valence-corrected chi connectivity index (χ3v) is 6.03. The van der Waals surface area contributed by atoms with Crippen LogP contribution in [0.5, 0.6) is 0 Å². The Kier molecular flexibility index (Phi) is 3.22. The number of nitrogens with zero attached hydrogens (tertiary/aromatic N) is 2. The maximum Gasteiger partial charge on any atom is 0.341 e. The van der Waals surface area contributed by atoms with Crippen LogP contribution in [-0.4, -0.2) is 34.8 Å². The van der Waals surface area contributed by atoms with Crippen LogP contribution < -0.4 is 16.1 Å². The predicted octanol–water partition coefficient (Wildman–Crippen LogP) is 1.96. The lowest BCUT2D eigenvalue weighted by Crippen LogP contribution is -2.45. The number of hydrogen-bond donors (Lipinski definition) is 2. The van der Waals surface area contributed by atoms with Gasteiger partial charge < -0.3 is 20.3 Å². The number of anilines is 1. The zero-order chi connectivity index (χ0) is 18.2. The van der Waals surface area contributed by atoms with E-state index in [1.54, 1.807) is 6.07 Å². The van der Waals surface area contributed by atoms with Crippen molar-refractivity contribution in [1.82, 2.24) is 4.57 Å². The van der Waals surface area contributed by atoms with Crippen molar-refractivity contribution < 1.29 is 14.3 Å². The molecule has 0 unspecified atom stereocenters. The van der Waals surface area contributed by atoms with Crippen LogP contribution in [0.25, 0.3) is 10.9 Å². The Labute approximate surface area is 149 Å². The summed E-state index contributed by atoms with van der Waals surface area (Å²) >= 11 is 0. The Morgan fingerprint density at radius 2 is 2.04 bits per heavy atom. The molecule has 1 saturated heterocycles. The summed E-state index contributed by atoms with van der Waals surface area (Å²) in [7, 11) is 0. The topological polar surface area (TPSA) is 88.6 Å². The number of hydrogen-bond acceptors (Lipinski definition) is 4. The zero-order valence-corrected chi connectivity index (χ0v) is 14.2. The van der Waals surface area contributed by atoms with E-state index in [0.29, 0.717) is 29.6 Å². The summed E-state index contributed by atoms with van der Waals surface area (Å²) in [6.07, 6.45) is 4.37. The van der Waals surface area contributed by atoms with E-state index in [4.69, 9.17) is 5.73 Å². The molecule has 0 radical (unpaired) electrons. The average molecular weight is 357 g/mol. The third kappa shape index (κ3) is 2.34. The van der Waals surface area contributed by atoms with Crippen molar-refractivity contribution in [3.63, 3.8) is 0 Å². The molecule has 0 amide bonds. The molecule has 3 N–H and O–H groups in total. The number of carboxylic acids is 1.